The second-order valence-corrected chi connectivity index (χ2v) is 10.1. The van der Waals surface area contributed by atoms with Crippen molar-refractivity contribution in [2.24, 2.45) is 11.7 Å². The maximum absolute atomic E-state index is 13.2. The van der Waals surface area contributed by atoms with Crippen LogP contribution in [-0.4, -0.2) is 64.9 Å². The summed E-state index contributed by atoms with van der Waals surface area (Å²) in [7, 11) is 0. The Morgan fingerprint density at radius 2 is 1.74 bits per heavy atom. The van der Waals surface area contributed by atoms with Crippen LogP contribution in [0.25, 0.3) is 0 Å². The number of nitrogens with two attached hydrogens (primary N) is 1. The van der Waals surface area contributed by atoms with Gasteiger partial charge >= 0.3 is 5.97 Å². The van der Waals surface area contributed by atoms with Crippen LogP contribution < -0.4 is 27.0 Å². The average molecular weight is 496 g/mol. The predicted molar refractivity (Wildman–Crippen MR) is 129 cm³/mol. The Morgan fingerprint density at radius 3 is 2.29 bits per heavy atom. The minimum absolute atomic E-state index is 0.0752. The molecule has 0 spiro atoms. The second-order valence-electron chi connectivity index (χ2n) is 10.1. The van der Waals surface area contributed by atoms with Crippen molar-refractivity contribution in [1.29, 1.82) is 0 Å². The number of carboxylic acids is 1. The number of aliphatic carboxylic acids is 1. The molecular formula is C24H41N5O6. The summed E-state index contributed by atoms with van der Waals surface area (Å²) in [4.78, 5) is 62.5. The van der Waals surface area contributed by atoms with E-state index < -0.39 is 47.4 Å². The number of nitrogens with one attached hydrogen (secondary N) is 4. The molecule has 2 aliphatic rings. The van der Waals surface area contributed by atoms with E-state index in [-0.39, 0.29) is 18.2 Å². The molecule has 0 unspecified atom stereocenters. The van der Waals surface area contributed by atoms with Gasteiger partial charge in [-0.15, -0.1) is 0 Å². The smallest absolute Gasteiger partial charge is 0.329 e. The van der Waals surface area contributed by atoms with E-state index in [1.165, 1.54) is 0 Å². The number of hydrogen-bond donors (Lipinski definition) is 6. The molecule has 0 radical (unpaired) electrons. The van der Waals surface area contributed by atoms with Crippen molar-refractivity contribution < 1.29 is 29.1 Å². The monoisotopic (exact) mass is 495 g/mol. The van der Waals surface area contributed by atoms with Crippen LogP contribution in [0.5, 0.6) is 0 Å². The van der Waals surface area contributed by atoms with Crippen molar-refractivity contribution in [3.8, 4) is 0 Å². The molecule has 4 amide bonds. The summed E-state index contributed by atoms with van der Waals surface area (Å²) >= 11 is 0. The predicted octanol–water partition coefficient (Wildman–Crippen LogP) is 0.313. The Labute approximate surface area is 206 Å². The second kappa shape index (κ2) is 13.4. The molecule has 0 aromatic rings. The number of carbonyl (C=O) groups is 5. The van der Waals surface area contributed by atoms with E-state index in [4.69, 9.17) is 5.73 Å². The van der Waals surface area contributed by atoms with Gasteiger partial charge in [-0.05, 0) is 57.4 Å². The van der Waals surface area contributed by atoms with Gasteiger partial charge in [0.2, 0.25) is 23.6 Å². The highest BCUT2D eigenvalue weighted by molar-refractivity contribution is 5.96. The zero-order valence-corrected chi connectivity index (χ0v) is 20.9. The molecular weight excluding hydrogens is 454 g/mol. The molecule has 0 bridgehead atoms. The first-order chi connectivity index (χ1) is 16.6. The van der Waals surface area contributed by atoms with E-state index in [1.807, 2.05) is 13.8 Å². The van der Waals surface area contributed by atoms with Gasteiger partial charge in [0.1, 0.15) is 23.7 Å². The van der Waals surface area contributed by atoms with Crippen molar-refractivity contribution in [3.63, 3.8) is 0 Å². The third-order valence-electron chi connectivity index (χ3n) is 6.71. The number of carboxylic acid groups (broad SMARTS) is 1. The average Bonchev–Trinajstić information content (AvgIpc) is 3.24. The molecule has 2 fully saturated rings. The highest BCUT2D eigenvalue weighted by Gasteiger charge is 2.42. The fourth-order valence-electron chi connectivity index (χ4n) is 4.69. The van der Waals surface area contributed by atoms with Gasteiger partial charge in [0.05, 0.1) is 0 Å². The number of unbranched alkanes of at least 4 members (excludes halogenated alkanes) is 1. The van der Waals surface area contributed by atoms with E-state index in [0.717, 1.165) is 6.42 Å². The van der Waals surface area contributed by atoms with Gasteiger partial charge in [0.15, 0.2) is 0 Å². The summed E-state index contributed by atoms with van der Waals surface area (Å²) in [6, 6.07) is -2.53. The summed E-state index contributed by atoms with van der Waals surface area (Å²) in [5, 5.41) is 20.6. The topological polar surface area (TPSA) is 180 Å². The van der Waals surface area contributed by atoms with E-state index >= 15 is 0 Å². The molecule has 1 heterocycles. The summed E-state index contributed by atoms with van der Waals surface area (Å²) in [6.07, 6.45) is 5.50. The lowest BCUT2D eigenvalue weighted by atomic mass is 9.81. The molecule has 0 aromatic heterocycles. The van der Waals surface area contributed by atoms with E-state index in [1.54, 1.807) is 0 Å². The minimum Gasteiger partial charge on any atom is -0.480 e. The maximum atomic E-state index is 13.2. The maximum Gasteiger partial charge on any atom is 0.329 e. The van der Waals surface area contributed by atoms with E-state index in [9.17, 15) is 29.1 Å². The molecule has 11 heteroatoms. The standard InChI is InChI=1S/C24H41N5O6/c1-15(2)14-18(28-20(31)17-9-10-19(30)26-17)21(32)27-16(8-4-7-13-25)22(33)29-24(23(34)35)11-5-3-6-12-24/h15-18H,3-14,25H2,1-2H3,(H,26,30)(H,27,32)(H,28,31)(H,29,33)(H,34,35)/t16-,17-,18-/m0/s1. The minimum atomic E-state index is -1.33. The van der Waals surface area contributed by atoms with Gasteiger partial charge in [0, 0.05) is 6.42 Å². The van der Waals surface area contributed by atoms with Gasteiger partial charge in [-0.3, -0.25) is 19.2 Å². The molecule has 1 aliphatic carbocycles. The lowest BCUT2D eigenvalue weighted by Gasteiger charge is -2.35. The first-order valence-electron chi connectivity index (χ1n) is 12.7. The number of hydrogen-bond acceptors (Lipinski definition) is 6. The molecule has 7 N–H and O–H groups in total. The number of rotatable bonds is 13. The van der Waals surface area contributed by atoms with Crippen LogP contribution in [0.15, 0.2) is 0 Å². The summed E-state index contributed by atoms with van der Waals surface area (Å²) < 4.78 is 0. The highest BCUT2D eigenvalue weighted by Crippen LogP contribution is 2.28. The van der Waals surface area contributed by atoms with Gasteiger partial charge < -0.3 is 32.1 Å². The van der Waals surface area contributed by atoms with Crippen LogP contribution in [0, 0.1) is 5.92 Å². The van der Waals surface area contributed by atoms with Crippen LogP contribution in [0.1, 0.15) is 84.5 Å². The highest BCUT2D eigenvalue weighted by atomic mass is 16.4. The Bertz CT molecular complexity index is 780. The van der Waals surface area contributed by atoms with Crippen LogP contribution in [0.2, 0.25) is 0 Å². The van der Waals surface area contributed by atoms with E-state index in [2.05, 4.69) is 21.3 Å². The SMILES string of the molecule is CC(C)C[C@H](NC(=O)[C@@H]1CCC(=O)N1)C(=O)N[C@@H](CCCCN)C(=O)NC1(C(=O)O)CCCCC1. The molecule has 2 rings (SSSR count). The Balaban J connectivity index is 2.13. The third kappa shape index (κ3) is 8.48. The van der Waals surface area contributed by atoms with Crippen LogP contribution >= 0.6 is 0 Å². The van der Waals surface area contributed by atoms with Crippen molar-refractivity contribution >= 4 is 29.6 Å². The van der Waals surface area contributed by atoms with Crippen LogP contribution in [-0.2, 0) is 24.0 Å². The first-order valence-corrected chi connectivity index (χ1v) is 12.7. The summed E-state index contributed by atoms with van der Waals surface area (Å²) in [6.45, 7) is 4.25. The number of amides is 4. The first kappa shape index (κ1) is 28.5. The van der Waals surface area contributed by atoms with Crippen LogP contribution in [0.4, 0.5) is 0 Å². The molecule has 3 atom stereocenters. The normalized spacial score (nSPS) is 21.0. The molecule has 0 aromatic carbocycles. The van der Waals surface area contributed by atoms with Crippen LogP contribution in [0.3, 0.4) is 0 Å². The molecule has 198 valence electrons. The lowest BCUT2D eigenvalue weighted by Crippen LogP contribution is -2.61. The summed E-state index contributed by atoms with van der Waals surface area (Å²) in [5.74, 6) is -2.70. The molecule has 1 saturated carbocycles. The van der Waals surface area contributed by atoms with Gasteiger partial charge in [-0.25, -0.2) is 4.79 Å². The fourth-order valence-corrected chi connectivity index (χ4v) is 4.69. The molecule has 11 nitrogen and oxygen atoms in total. The Kier molecular flexibility index (Phi) is 10.9. The number of carbonyl (C=O) groups excluding carboxylic acids is 4. The quantitative estimate of drug-likeness (QED) is 0.199. The summed E-state index contributed by atoms with van der Waals surface area (Å²) in [5.41, 5.74) is 4.25. The van der Waals surface area contributed by atoms with Gasteiger partial charge in [-0.2, -0.15) is 0 Å². The van der Waals surface area contributed by atoms with Crippen molar-refractivity contribution in [1.82, 2.24) is 21.3 Å². The molecule has 1 aliphatic heterocycles. The zero-order valence-electron chi connectivity index (χ0n) is 20.9. The lowest BCUT2D eigenvalue weighted by molar-refractivity contribution is -0.149. The zero-order chi connectivity index (χ0) is 26.0. The van der Waals surface area contributed by atoms with Crippen molar-refractivity contribution in [3.05, 3.63) is 0 Å². The van der Waals surface area contributed by atoms with Crippen molar-refractivity contribution in [2.75, 3.05) is 6.54 Å². The largest absolute Gasteiger partial charge is 0.480 e. The Hall–Kier alpha value is -2.69. The van der Waals surface area contributed by atoms with Crippen molar-refractivity contribution in [2.45, 2.75) is 108 Å². The fraction of sp³-hybridized carbons (Fsp3) is 0.792. The molecule has 1 saturated heterocycles. The Morgan fingerprint density at radius 1 is 1.06 bits per heavy atom. The van der Waals surface area contributed by atoms with Gasteiger partial charge in [0.25, 0.3) is 0 Å². The van der Waals surface area contributed by atoms with E-state index in [0.29, 0.717) is 64.3 Å². The van der Waals surface area contributed by atoms with Gasteiger partial charge in [-0.1, -0.05) is 33.1 Å². The molecule has 35 heavy (non-hydrogen) atoms. The third-order valence-corrected chi connectivity index (χ3v) is 6.71.